The van der Waals surface area contributed by atoms with Gasteiger partial charge in [-0.25, -0.2) is 0 Å². The lowest BCUT2D eigenvalue weighted by Gasteiger charge is -2.11. The molecule has 0 N–H and O–H groups in total. The molecule has 2 rings (SSSR count). The van der Waals surface area contributed by atoms with Crippen LogP contribution in [-0.4, -0.2) is 13.0 Å². The van der Waals surface area contributed by atoms with Crippen LogP contribution in [0.2, 0.25) is 0 Å². The topological polar surface area (TPSA) is 18.5 Å². The molecule has 3 heteroatoms. The lowest BCUT2D eigenvalue weighted by molar-refractivity contribution is 0.296. The molecule has 20 heavy (non-hydrogen) atoms. The minimum absolute atomic E-state index is 0.306. The number of rotatable bonds is 4. The van der Waals surface area contributed by atoms with Crippen molar-refractivity contribution < 1.29 is 9.47 Å². The smallest absolute Gasteiger partial charge is 0.135 e. The first-order valence-corrected chi connectivity index (χ1v) is 6.77. The number of alkyl halides is 1. The van der Waals surface area contributed by atoms with Crippen molar-refractivity contribution in [1.82, 2.24) is 0 Å². The molecule has 0 heterocycles. The molecule has 0 unspecified atom stereocenters. The Hall–Kier alpha value is -2.11. The molecule has 0 fully saturated rings. The molecule has 102 valence electrons. The Morgan fingerprint density at radius 3 is 2.45 bits per heavy atom. The molecule has 0 amide bonds. The zero-order valence-electron chi connectivity index (χ0n) is 11.2. The van der Waals surface area contributed by atoms with E-state index in [-0.39, 0.29) is 0 Å². The predicted octanol–water partition coefficient (Wildman–Crippen LogP) is 3.86. The van der Waals surface area contributed by atoms with Crippen molar-refractivity contribution in [3.63, 3.8) is 0 Å². The Bertz CT molecular complexity index is 626. The monoisotopic (exact) mass is 286 g/mol. The molecule has 0 saturated carbocycles. The summed E-state index contributed by atoms with van der Waals surface area (Å²) in [7, 11) is 1.65. The van der Waals surface area contributed by atoms with Gasteiger partial charge in [0.25, 0.3) is 0 Å². The normalized spacial score (nSPS) is 9.50. The van der Waals surface area contributed by atoms with Crippen LogP contribution in [0.1, 0.15) is 11.1 Å². The fraction of sp³-hybridized carbons (Fsp3) is 0.176. The zero-order valence-corrected chi connectivity index (χ0v) is 12.0. The van der Waals surface area contributed by atoms with Crippen molar-refractivity contribution in [1.29, 1.82) is 0 Å². The van der Waals surface area contributed by atoms with E-state index in [9.17, 15) is 0 Å². The van der Waals surface area contributed by atoms with Crippen molar-refractivity contribution >= 4 is 11.6 Å². The van der Waals surface area contributed by atoms with Gasteiger partial charge in [-0.1, -0.05) is 42.2 Å². The molecule has 2 nitrogen and oxygen atoms in total. The van der Waals surface area contributed by atoms with Gasteiger partial charge in [-0.15, -0.1) is 11.6 Å². The van der Waals surface area contributed by atoms with E-state index in [1.807, 2.05) is 48.5 Å². The van der Waals surface area contributed by atoms with Crippen molar-refractivity contribution in [2.24, 2.45) is 0 Å². The molecule has 0 aliphatic rings. The van der Waals surface area contributed by atoms with Crippen LogP contribution in [0.25, 0.3) is 0 Å². The van der Waals surface area contributed by atoms with Gasteiger partial charge in [-0.05, 0) is 18.2 Å². The fourth-order valence-corrected chi connectivity index (χ4v) is 1.87. The first-order chi connectivity index (χ1) is 9.85. The van der Waals surface area contributed by atoms with Crippen molar-refractivity contribution in [3.8, 4) is 23.3 Å². The third kappa shape index (κ3) is 3.69. The van der Waals surface area contributed by atoms with Crippen LogP contribution in [0.15, 0.2) is 48.5 Å². The van der Waals surface area contributed by atoms with E-state index >= 15 is 0 Å². The standard InChI is InChI=1S/C17H15ClO2/c1-19-16-10-4-3-8-15(16)13-20-17-11-5-2-7-14(17)9-6-12-18/h2-5,7-8,10-11H,12-13H2,1H3. The summed E-state index contributed by atoms with van der Waals surface area (Å²) in [6.07, 6.45) is 0. The minimum atomic E-state index is 0.306. The van der Waals surface area contributed by atoms with E-state index in [2.05, 4.69) is 11.8 Å². The molecule has 0 atom stereocenters. The Morgan fingerprint density at radius 2 is 1.70 bits per heavy atom. The summed E-state index contributed by atoms with van der Waals surface area (Å²) >= 11 is 5.59. The molecular weight excluding hydrogens is 272 g/mol. The highest BCUT2D eigenvalue weighted by molar-refractivity contribution is 6.19. The van der Waals surface area contributed by atoms with Gasteiger partial charge in [0, 0.05) is 5.56 Å². The molecule has 0 aliphatic heterocycles. The quantitative estimate of drug-likeness (QED) is 0.627. The largest absolute Gasteiger partial charge is 0.496 e. The maximum atomic E-state index is 5.84. The summed E-state index contributed by atoms with van der Waals surface area (Å²) in [6.45, 7) is 0.434. The third-order valence-electron chi connectivity index (χ3n) is 2.75. The van der Waals surface area contributed by atoms with Crippen LogP contribution in [0.5, 0.6) is 11.5 Å². The van der Waals surface area contributed by atoms with Crippen LogP contribution >= 0.6 is 11.6 Å². The molecule has 2 aromatic rings. The first kappa shape index (κ1) is 14.3. The Kier molecular flexibility index (Phi) is 5.34. The summed E-state index contributed by atoms with van der Waals surface area (Å²) in [5.41, 5.74) is 1.83. The van der Waals surface area contributed by atoms with Crippen LogP contribution in [-0.2, 0) is 6.61 Å². The maximum Gasteiger partial charge on any atom is 0.135 e. The Labute approximate surface area is 124 Å². The van der Waals surface area contributed by atoms with Gasteiger partial charge in [0.1, 0.15) is 18.1 Å². The van der Waals surface area contributed by atoms with Crippen molar-refractivity contribution in [2.45, 2.75) is 6.61 Å². The molecule has 0 aliphatic carbocycles. The molecule has 0 radical (unpaired) electrons. The highest BCUT2D eigenvalue weighted by atomic mass is 35.5. The van der Waals surface area contributed by atoms with Crippen molar-refractivity contribution in [3.05, 3.63) is 59.7 Å². The number of methoxy groups -OCH3 is 1. The second-order valence-corrected chi connectivity index (χ2v) is 4.30. The van der Waals surface area contributed by atoms with Gasteiger partial charge in [-0.3, -0.25) is 0 Å². The van der Waals surface area contributed by atoms with E-state index in [4.69, 9.17) is 21.1 Å². The van der Waals surface area contributed by atoms with E-state index in [1.54, 1.807) is 7.11 Å². The summed E-state index contributed by atoms with van der Waals surface area (Å²) in [6, 6.07) is 15.4. The first-order valence-electron chi connectivity index (χ1n) is 6.23. The molecule has 0 spiro atoms. The molecule has 0 bridgehead atoms. The van der Waals surface area contributed by atoms with Gasteiger partial charge < -0.3 is 9.47 Å². The van der Waals surface area contributed by atoms with Gasteiger partial charge in [0.15, 0.2) is 0 Å². The molecule has 0 aromatic heterocycles. The summed E-state index contributed by atoms with van der Waals surface area (Å²) < 4.78 is 11.1. The summed E-state index contributed by atoms with van der Waals surface area (Å²) in [5.74, 6) is 7.70. The lowest BCUT2D eigenvalue weighted by Crippen LogP contribution is -1.99. The van der Waals surface area contributed by atoms with Gasteiger partial charge >= 0.3 is 0 Å². The van der Waals surface area contributed by atoms with Gasteiger partial charge in [-0.2, -0.15) is 0 Å². The number of halogens is 1. The lowest BCUT2D eigenvalue weighted by atomic mass is 10.2. The van der Waals surface area contributed by atoms with Crippen LogP contribution in [0.4, 0.5) is 0 Å². The number of benzene rings is 2. The minimum Gasteiger partial charge on any atom is -0.496 e. The number of ether oxygens (including phenoxy) is 2. The number of hydrogen-bond acceptors (Lipinski definition) is 2. The average Bonchev–Trinajstić information content (AvgIpc) is 2.52. The van der Waals surface area contributed by atoms with Gasteiger partial charge in [0.2, 0.25) is 0 Å². The maximum absolute atomic E-state index is 5.84. The predicted molar refractivity (Wildman–Crippen MR) is 81.4 cm³/mol. The molecular formula is C17H15ClO2. The van der Waals surface area contributed by atoms with E-state index < -0.39 is 0 Å². The van der Waals surface area contributed by atoms with Crippen LogP contribution in [0.3, 0.4) is 0 Å². The SMILES string of the molecule is COc1ccccc1COc1ccccc1C#CCCl. The highest BCUT2D eigenvalue weighted by Crippen LogP contribution is 2.22. The fourth-order valence-electron chi connectivity index (χ4n) is 1.80. The summed E-state index contributed by atoms with van der Waals surface area (Å²) in [4.78, 5) is 0. The molecule has 0 saturated heterocycles. The Balaban J connectivity index is 2.15. The second kappa shape index (κ2) is 7.47. The third-order valence-corrected chi connectivity index (χ3v) is 2.89. The zero-order chi connectivity index (χ0) is 14.2. The van der Waals surface area contributed by atoms with Gasteiger partial charge in [0.05, 0.1) is 18.6 Å². The second-order valence-electron chi connectivity index (χ2n) is 4.03. The van der Waals surface area contributed by atoms with Crippen LogP contribution in [0, 0.1) is 11.8 Å². The highest BCUT2D eigenvalue weighted by Gasteiger charge is 2.04. The van der Waals surface area contributed by atoms with E-state index in [1.165, 1.54) is 0 Å². The average molecular weight is 287 g/mol. The van der Waals surface area contributed by atoms with Crippen molar-refractivity contribution in [2.75, 3.05) is 13.0 Å². The molecule has 2 aromatic carbocycles. The summed E-state index contributed by atoms with van der Waals surface area (Å²) in [5, 5.41) is 0. The number of para-hydroxylation sites is 2. The Morgan fingerprint density at radius 1 is 1.00 bits per heavy atom. The van der Waals surface area contributed by atoms with Crippen LogP contribution < -0.4 is 9.47 Å². The van der Waals surface area contributed by atoms with E-state index in [0.717, 1.165) is 22.6 Å². The van der Waals surface area contributed by atoms with E-state index in [0.29, 0.717) is 12.5 Å². The number of hydrogen-bond donors (Lipinski definition) is 0.